The number of rotatable bonds is 1. The predicted molar refractivity (Wildman–Crippen MR) is 36.0 cm³/mol. The van der Waals surface area contributed by atoms with Crippen LogP contribution < -0.4 is 0 Å². The van der Waals surface area contributed by atoms with Crippen molar-refractivity contribution in [3.8, 4) is 0 Å². The van der Waals surface area contributed by atoms with Crippen LogP contribution in [-0.4, -0.2) is 34.6 Å². The highest BCUT2D eigenvalue weighted by molar-refractivity contribution is 6.47. The van der Waals surface area contributed by atoms with Gasteiger partial charge in [-0.25, -0.2) is 8.90 Å². The van der Waals surface area contributed by atoms with Crippen LogP contribution in [0.25, 0.3) is 0 Å². The molecule has 4 N–H and O–H groups in total. The van der Waals surface area contributed by atoms with Crippen LogP contribution in [0.1, 0.15) is 6.92 Å². The number of carbonyl (C=O) groups is 1. The molecule has 0 bridgehead atoms. The minimum atomic E-state index is -5.11. The summed E-state index contributed by atoms with van der Waals surface area (Å²) in [6.45, 7) is 4.60. The van der Waals surface area contributed by atoms with Crippen LogP contribution in [0.2, 0.25) is 0 Å². The van der Waals surface area contributed by atoms with Crippen molar-refractivity contribution >= 4 is 15.1 Å². The topological polar surface area (TPSA) is 98.0 Å². The Labute approximate surface area is 63.6 Å². The lowest BCUT2D eigenvalue weighted by Crippen LogP contribution is -2.27. The van der Waals surface area contributed by atoms with E-state index in [1.807, 2.05) is 0 Å². The third kappa shape index (κ3) is 46.2. The molecule has 0 aliphatic rings. The summed E-state index contributed by atoms with van der Waals surface area (Å²) in [6, 6.07) is 0. The quantitative estimate of drug-likeness (QED) is 0.238. The second-order valence-corrected chi connectivity index (χ2v) is 2.75. The summed E-state index contributed by atoms with van der Waals surface area (Å²) in [5, 5.41) is 7.89. The van der Waals surface area contributed by atoms with Gasteiger partial charge >= 0.3 is 15.1 Å². The molecule has 0 radical (unpaired) electrons. The Morgan fingerprint density at radius 2 is 1.55 bits per heavy atom. The number of hydrogen-bond donors (Lipinski definition) is 4. The van der Waals surface area contributed by atoms with Gasteiger partial charge in [-0.1, -0.05) is 6.58 Å². The molecular weight excluding hydrogens is 175 g/mol. The third-order valence-electron chi connectivity index (χ3n) is 0.365. The third-order valence-corrected chi connectivity index (χ3v) is 0.365. The van der Waals surface area contributed by atoms with Crippen LogP contribution in [0.5, 0.6) is 0 Å². The highest BCUT2D eigenvalue weighted by Gasteiger charge is 2.26. The van der Waals surface area contributed by atoms with Crippen molar-refractivity contribution in [3.63, 3.8) is 0 Å². The minimum Gasteiger partial charge on any atom is -0.478 e. The molecule has 0 aromatic heterocycles. The van der Waals surface area contributed by atoms with Gasteiger partial charge in [-0.2, -0.15) is 0 Å². The van der Waals surface area contributed by atoms with E-state index >= 15 is 0 Å². The number of halogens is 1. The molecule has 0 fully saturated rings. The molecule has 0 aromatic carbocycles. The molecule has 66 valence electrons. The lowest BCUT2D eigenvalue weighted by atomic mass is 10.4. The van der Waals surface area contributed by atoms with E-state index in [0.29, 0.717) is 0 Å². The summed E-state index contributed by atoms with van der Waals surface area (Å²) in [5.41, 5.74) is 0.176. The largest absolute Gasteiger partial charge is 0.711 e. The first-order valence-electron chi connectivity index (χ1n) is 2.39. The monoisotopic (exact) mass is 184 g/mol. The summed E-state index contributed by atoms with van der Waals surface area (Å²) < 4.78 is 10.5. The normalized spacial score (nSPS) is 9.55. The Morgan fingerprint density at radius 1 is 1.45 bits per heavy atom. The Balaban J connectivity index is 0. The standard InChI is InChI=1S/C4H6O2.FH3O3Si/c1-3(2)4(5)6;1-5(2,3)4/h1H2,2H3,(H,5,6);2-4H. The maximum Gasteiger partial charge on any atom is 0.711 e. The van der Waals surface area contributed by atoms with E-state index in [4.69, 9.17) is 19.5 Å². The molecule has 5 nitrogen and oxygen atoms in total. The summed E-state index contributed by atoms with van der Waals surface area (Å²) in [6.07, 6.45) is 0. The van der Waals surface area contributed by atoms with Crippen LogP contribution in [0, 0.1) is 0 Å². The molecule has 0 saturated carbocycles. The van der Waals surface area contributed by atoms with Gasteiger partial charge < -0.3 is 19.5 Å². The summed E-state index contributed by atoms with van der Waals surface area (Å²) >= 11 is 0. The van der Waals surface area contributed by atoms with Gasteiger partial charge in [-0.3, -0.25) is 0 Å². The molecule has 0 spiro atoms. The number of carboxylic acid groups (broad SMARTS) is 1. The van der Waals surface area contributed by atoms with Gasteiger partial charge in [0, 0.05) is 5.57 Å². The molecule has 0 aromatic rings. The number of carboxylic acids is 1. The minimum absolute atomic E-state index is 0.176. The molecule has 11 heavy (non-hydrogen) atoms. The van der Waals surface area contributed by atoms with Crippen LogP contribution >= 0.6 is 0 Å². The highest BCUT2D eigenvalue weighted by atomic mass is 28.4. The zero-order chi connectivity index (χ0) is 9.65. The Kier molecular flexibility index (Phi) is 5.81. The second-order valence-electron chi connectivity index (χ2n) is 1.64. The first-order chi connectivity index (χ1) is 4.64. The molecule has 0 aliphatic carbocycles. The van der Waals surface area contributed by atoms with Gasteiger partial charge in [0.2, 0.25) is 0 Å². The van der Waals surface area contributed by atoms with E-state index in [-0.39, 0.29) is 5.57 Å². The molecular formula is C4H9FO5Si. The smallest absolute Gasteiger partial charge is 0.478 e. The van der Waals surface area contributed by atoms with E-state index < -0.39 is 15.1 Å². The van der Waals surface area contributed by atoms with Crippen molar-refractivity contribution in [3.05, 3.63) is 12.2 Å². The fraction of sp³-hybridized carbons (Fsp3) is 0.250. The summed E-state index contributed by atoms with van der Waals surface area (Å²) in [4.78, 5) is 30.9. The van der Waals surface area contributed by atoms with Crippen LogP contribution in [0.4, 0.5) is 4.11 Å². The first-order valence-corrected chi connectivity index (χ1v) is 4.11. The fourth-order valence-electron chi connectivity index (χ4n) is 0. The van der Waals surface area contributed by atoms with E-state index in [0.717, 1.165) is 0 Å². The number of aliphatic carboxylic acids is 1. The summed E-state index contributed by atoms with van der Waals surface area (Å²) in [7, 11) is -5.11. The van der Waals surface area contributed by atoms with Gasteiger partial charge in [0.05, 0.1) is 0 Å². The Hall–Kier alpha value is -0.763. The first kappa shape index (κ1) is 12.9. The Bertz CT molecular complexity index is 133. The van der Waals surface area contributed by atoms with Crippen molar-refractivity contribution in [1.82, 2.24) is 0 Å². The van der Waals surface area contributed by atoms with Crippen LogP contribution in [0.15, 0.2) is 12.2 Å². The van der Waals surface area contributed by atoms with Gasteiger partial charge in [-0.05, 0) is 6.92 Å². The second kappa shape index (κ2) is 4.96. The van der Waals surface area contributed by atoms with Gasteiger partial charge in [0.15, 0.2) is 0 Å². The average Bonchev–Trinajstić information content (AvgIpc) is 1.59. The lowest BCUT2D eigenvalue weighted by Gasteiger charge is -1.87. The maximum absolute atomic E-state index is 10.5. The molecule has 7 heteroatoms. The molecule has 0 heterocycles. The fourth-order valence-corrected chi connectivity index (χ4v) is 0. The van der Waals surface area contributed by atoms with Crippen molar-refractivity contribution in [2.75, 3.05) is 0 Å². The molecule has 0 saturated heterocycles. The van der Waals surface area contributed by atoms with E-state index in [1.54, 1.807) is 0 Å². The molecule has 0 amide bonds. The van der Waals surface area contributed by atoms with E-state index in [2.05, 4.69) is 6.58 Å². The van der Waals surface area contributed by atoms with Crippen LogP contribution in [0.3, 0.4) is 0 Å². The maximum atomic E-state index is 10.5. The van der Waals surface area contributed by atoms with E-state index in [1.165, 1.54) is 6.92 Å². The van der Waals surface area contributed by atoms with Gasteiger partial charge in [0.1, 0.15) is 0 Å². The molecule has 0 unspecified atom stereocenters. The van der Waals surface area contributed by atoms with Gasteiger partial charge in [-0.15, -0.1) is 0 Å². The van der Waals surface area contributed by atoms with E-state index in [9.17, 15) is 8.90 Å². The predicted octanol–water partition coefficient (Wildman–Crippen LogP) is -0.985. The lowest BCUT2D eigenvalue weighted by molar-refractivity contribution is -0.132. The SMILES string of the molecule is C=C(C)C(=O)O.O[Si](O)(O)F. The van der Waals surface area contributed by atoms with Crippen molar-refractivity contribution in [2.45, 2.75) is 6.92 Å². The van der Waals surface area contributed by atoms with Crippen molar-refractivity contribution in [1.29, 1.82) is 0 Å². The molecule has 0 aliphatic heterocycles. The molecule has 0 atom stereocenters. The zero-order valence-corrected chi connectivity index (χ0v) is 6.78. The Morgan fingerprint density at radius 3 is 1.55 bits per heavy atom. The molecule has 0 rings (SSSR count). The van der Waals surface area contributed by atoms with Crippen molar-refractivity contribution in [2.24, 2.45) is 0 Å². The highest BCUT2D eigenvalue weighted by Crippen LogP contribution is 1.81. The average molecular weight is 184 g/mol. The van der Waals surface area contributed by atoms with Crippen LogP contribution in [-0.2, 0) is 4.79 Å². The number of hydrogen-bond acceptors (Lipinski definition) is 4. The van der Waals surface area contributed by atoms with Crippen molar-refractivity contribution < 1.29 is 28.4 Å². The zero-order valence-electron chi connectivity index (χ0n) is 5.78. The van der Waals surface area contributed by atoms with Gasteiger partial charge in [0.25, 0.3) is 0 Å². The summed E-state index contributed by atoms with van der Waals surface area (Å²) in [5.74, 6) is -0.935.